The molecule has 0 aliphatic heterocycles. The first-order chi connectivity index (χ1) is 19.1. The van der Waals surface area contributed by atoms with Gasteiger partial charge in [0.25, 0.3) is 0 Å². The van der Waals surface area contributed by atoms with Crippen LogP contribution in [0.15, 0.2) is 0 Å². The lowest BCUT2D eigenvalue weighted by atomic mass is 9.95. The van der Waals surface area contributed by atoms with E-state index in [1.54, 1.807) is 0 Å². The molecular weight excluding hydrogens is 550 g/mol. The maximum absolute atomic E-state index is 12.3. The highest BCUT2D eigenvalue weighted by atomic mass is 79.9. The van der Waals surface area contributed by atoms with Gasteiger partial charge in [-0.1, -0.05) is 145 Å². The quantitative estimate of drug-likeness (QED) is 0.0479. The molecule has 0 aromatic carbocycles. The molecule has 0 aromatic rings. The topological polar surface area (TPSA) is 55.4 Å². The molecule has 1 amide bonds. The van der Waals surface area contributed by atoms with Gasteiger partial charge in [0.1, 0.15) is 0 Å². The summed E-state index contributed by atoms with van der Waals surface area (Å²) in [5.41, 5.74) is 0. The molecule has 1 unspecified atom stereocenters. The van der Waals surface area contributed by atoms with Crippen molar-refractivity contribution >= 4 is 27.8 Å². The highest BCUT2D eigenvalue weighted by molar-refractivity contribution is 9.09. The van der Waals surface area contributed by atoms with Crippen LogP contribution in [0.25, 0.3) is 0 Å². The Morgan fingerprint density at radius 3 is 1.64 bits per heavy atom. The molecule has 0 rings (SSSR count). The number of ether oxygens (including phenoxy) is 1. The number of unbranched alkanes of at least 4 members (excludes halogenated alkanes) is 18. The maximum Gasteiger partial charge on any atom is 0.305 e. The van der Waals surface area contributed by atoms with E-state index in [9.17, 15) is 9.59 Å². The summed E-state index contributed by atoms with van der Waals surface area (Å²) in [7, 11) is 0. The van der Waals surface area contributed by atoms with Crippen LogP contribution in [-0.4, -0.2) is 30.4 Å². The molecular formula is C34H66BrNO3. The fourth-order valence-corrected chi connectivity index (χ4v) is 5.57. The Balaban J connectivity index is 3.72. The average Bonchev–Trinajstić information content (AvgIpc) is 2.93. The Morgan fingerprint density at radius 2 is 1.05 bits per heavy atom. The van der Waals surface area contributed by atoms with Crippen molar-refractivity contribution < 1.29 is 14.3 Å². The zero-order valence-electron chi connectivity index (χ0n) is 26.2. The monoisotopic (exact) mass is 615 g/mol. The number of carbonyl (C=O) groups is 2. The summed E-state index contributed by atoms with van der Waals surface area (Å²) in [4.78, 5) is 24.3. The number of amides is 1. The van der Waals surface area contributed by atoms with Crippen LogP contribution in [0, 0.1) is 5.92 Å². The van der Waals surface area contributed by atoms with Gasteiger partial charge in [-0.2, -0.15) is 0 Å². The molecule has 0 aliphatic rings. The molecule has 0 heterocycles. The summed E-state index contributed by atoms with van der Waals surface area (Å²) < 4.78 is 5.71. The Kier molecular flexibility index (Phi) is 31.5. The number of hydrogen-bond donors (Lipinski definition) is 1. The summed E-state index contributed by atoms with van der Waals surface area (Å²) in [5, 5.41) is 4.18. The van der Waals surface area contributed by atoms with E-state index >= 15 is 0 Å². The summed E-state index contributed by atoms with van der Waals surface area (Å²) in [6.07, 6.45) is 30.6. The largest absolute Gasteiger partial charge is 0.465 e. The molecule has 4 nitrogen and oxygen atoms in total. The molecule has 0 radical (unpaired) electrons. The number of alkyl halides is 1. The van der Waals surface area contributed by atoms with Crippen LogP contribution in [0.4, 0.5) is 0 Å². The van der Waals surface area contributed by atoms with Gasteiger partial charge in [0.2, 0.25) is 5.91 Å². The molecule has 0 saturated carbocycles. The van der Waals surface area contributed by atoms with E-state index in [1.807, 2.05) is 0 Å². The lowest BCUT2D eigenvalue weighted by molar-refractivity contribution is -0.145. The molecule has 0 fully saturated rings. The van der Waals surface area contributed by atoms with Crippen LogP contribution in [0.3, 0.4) is 0 Å². The van der Waals surface area contributed by atoms with Crippen LogP contribution < -0.4 is 5.32 Å². The lowest BCUT2D eigenvalue weighted by Crippen LogP contribution is -2.23. The van der Waals surface area contributed by atoms with Crippen molar-refractivity contribution in [1.82, 2.24) is 5.32 Å². The molecule has 0 aliphatic carbocycles. The standard InChI is InChI=1S/C34H66BrNO3/c1-3-5-7-9-14-20-26-32(25-19-8-6-4-2)31-39-34(38)28-22-16-13-18-24-30-36-33(37)27-21-15-11-10-12-17-23-29-35/h32H,3-31H2,1-2H3,(H,36,37). The summed E-state index contributed by atoms with van der Waals surface area (Å²) >= 11 is 3.47. The van der Waals surface area contributed by atoms with E-state index in [4.69, 9.17) is 4.74 Å². The minimum absolute atomic E-state index is 0.0114. The van der Waals surface area contributed by atoms with Crippen molar-refractivity contribution in [1.29, 1.82) is 0 Å². The third kappa shape index (κ3) is 30.2. The molecule has 0 aromatic heterocycles. The Morgan fingerprint density at radius 1 is 0.590 bits per heavy atom. The predicted octanol–water partition coefficient (Wildman–Crippen LogP) is 10.8. The number of halogens is 1. The van der Waals surface area contributed by atoms with Gasteiger partial charge in [0.15, 0.2) is 0 Å². The maximum atomic E-state index is 12.3. The SMILES string of the molecule is CCCCCCCCC(CCCCCC)COC(=O)CCCCCCCNC(=O)CCCCCCCCCBr. The lowest BCUT2D eigenvalue weighted by Gasteiger charge is -2.17. The highest BCUT2D eigenvalue weighted by Gasteiger charge is 2.12. The van der Waals surface area contributed by atoms with E-state index < -0.39 is 0 Å². The zero-order valence-corrected chi connectivity index (χ0v) is 27.8. The van der Waals surface area contributed by atoms with Crippen LogP contribution in [0.1, 0.15) is 181 Å². The number of hydrogen-bond acceptors (Lipinski definition) is 3. The van der Waals surface area contributed by atoms with Gasteiger partial charge in [-0.25, -0.2) is 0 Å². The second-order valence-corrected chi connectivity index (χ2v) is 12.5. The van der Waals surface area contributed by atoms with Gasteiger partial charge >= 0.3 is 5.97 Å². The number of rotatable bonds is 31. The highest BCUT2D eigenvalue weighted by Crippen LogP contribution is 2.20. The first-order valence-corrected chi connectivity index (χ1v) is 18.2. The minimum Gasteiger partial charge on any atom is -0.465 e. The van der Waals surface area contributed by atoms with Crippen molar-refractivity contribution in [3.63, 3.8) is 0 Å². The van der Waals surface area contributed by atoms with Crippen LogP contribution in [0.2, 0.25) is 0 Å². The number of esters is 1. The van der Waals surface area contributed by atoms with E-state index in [0.717, 1.165) is 50.4 Å². The fraction of sp³-hybridized carbons (Fsp3) is 0.941. The van der Waals surface area contributed by atoms with Gasteiger partial charge in [-0.05, 0) is 44.4 Å². The Labute approximate surface area is 252 Å². The van der Waals surface area contributed by atoms with E-state index in [-0.39, 0.29) is 11.9 Å². The van der Waals surface area contributed by atoms with Gasteiger partial charge < -0.3 is 10.1 Å². The third-order valence-corrected chi connectivity index (χ3v) is 8.39. The fourth-order valence-electron chi connectivity index (χ4n) is 5.17. The Bertz CT molecular complexity index is 529. The third-order valence-electron chi connectivity index (χ3n) is 7.83. The van der Waals surface area contributed by atoms with E-state index in [2.05, 4.69) is 35.1 Å². The first kappa shape index (κ1) is 38.4. The first-order valence-electron chi connectivity index (χ1n) is 17.1. The smallest absolute Gasteiger partial charge is 0.305 e. The number of carbonyl (C=O) groups excluding carboxylic acids is 2. The van der Waals surface area contributed by atoms with Gasteiger partial charge in [-0.15, -0.1) is 0 Å². The average molecular weight is 617 g/mol. The molecule has 0 spiro atoms. The molecule has 39 heavy (non-hydrogen) atoms. The minimum atomic E-state index is -0.0114. The van der Waals surface area contributed by atoms with Crippen molar-refractivity contribution in [3.05, 3.63) is 0 Å². The van der Waals surface area contributed by atoms with Gasteiger partial charge in [0, 0.05) is 24.7 Å². The summed E-state index contributed by atoms with van der Waals surface area (Å²) in [6.45, 7) is 5.93. The van der Waals surface area contributed by atoms with E-state index in [1.165, 1.54) is 116 Å². The van der Waals surface area contributed by atoms with Crippen LogP contribution >= 0.6 is 15.9 Å². The second kappa shape index (κ2) is 31.9. The van der Waals surface area contributed by atoms with Crippen LogP contribution in [-0.2, 0) is 14.3 Å². The molecule has 5 heteroatoms. The van der Waals surface area contributed by atoms with Crippen molar-refractivity contribution in [2.75, 3.05) is 18.5 Å². The molecule has 232 valence electrons. The number of nitrogens with one attached hydrogen (secondary N) is 1. The summed E-state index contributed by atoms with van der Waals surface area (Å²) in [6, 6.07) is 0. The predicted molar refractivity (Wildman–Crippen MR) is 173 cm³/mol. The Hall–Kier alpha value is -0.580. The molecule has 0 saturated heterocycles. The molecule has 1 N–H and O–H groups in total. The second-order valence-electron chi connectivity index (χ2n) is 11.7. The van der Waals surface area contributed by atoms with Crippen molar-refractivity contribution in [2.45, 2.75) is 181 Å². The normalized spacial score (nSPS) is 12.0. The van der Waals surface area contributed by atoms with Crippen LogP contribution in [0.5, 0.6) is 0 Å². The van der Waals surface area contributed by atoms with Crippen molar-refractivity contribution in [3.8, 4) is 0 Å². The van der Waals surface area contributed by atoms with Gasteiger partial charge in [0.05, 0.1) is 6.61 Å². The summed E-state index contributed by atoms with van der Waals surface area (Å²) in [5.74, 6) is 0.737. The van der Waals surface area contributed by atoms with Crippen molar-refractivity contribution in [2.24, 2.45) is 5.92 Å². The molecule has 0 bridgehead atoms. The molecule has 1 atom stereocenters. The van der Waals surface area contributed by atoms with Gasteiger partial charge in [-0.3, -0.25) is 9.59 Å². The zero-order chi connectivity index (χ0) is 28.7. The van der Waals surface area contributed by atoms with E-state index in [0.29, 0.717) is 25.4 Å².